The molecule has 0 aliphatic heterocycles. The van der Waals surface area contributed by atoms with Gasteiger partial charge < -0.3 is 14.8 Å². The fraction of sp³-hybridized carbons (Fsp3) is 0.444. The Kier molecular flexibility index (Phi) is 9.66. The largest absolute Gasteiger partial charge is 0.490 e. The summed E-state index contributed by atoms with van der Waals surface area (Å²) in [6, 6.07) is 9.31. The maximum Gasteiger partial charge on any atom is 0.308 e. The number of carbonyl (C=O) groups excluding carboxylic acids is 3. The Morgan fingerprint density at radius 3 is 2.49 bits per heavy atom. The third kappa shape index (κ3) is 7.52. The van der Waals surface area contributed by atoms with Gasteiger partial charge >= 0.3 is 5.97 Å². The summed E-state index contributed by atoms with van der Waals surface area (Å²) in [5.74, 6) is -1.15. The average Bonchev–Trinajstić information content (AvgIpc) is 2.84. The van der Waals surface area contributed by atoms with E-state index in [1.165, 1.54) is 12.1 Å². The van der Waals surface area contributed by atoms with Gasteiger partial charge in [-0.3, -0.25) is 14.4 Å². The quantitative estimate of drug-likeness (QED) is 0.256. The smallest absolute Gasteiger partial charge is 0.308 e. The summed E-state index contributed by atoms with van der Waals surface area (Å²) in [6.45, 7) is 4.30. The van der Waals surface area contributed by atoms with Crippen molar-refractivity contribution in [1.82, 2.24) is 5.32 Å². The van der Waals surface area contributed by atoms with Crippen molar-refractivity contribution in [2.24, 2.45) is 5.92 Å². The molecule has 35 heavy (non-hydrogen) atoms. The Morgan fingerprint density at radius 1 is 1.09 bits per heavy atom. The van der Waals surface area contributed by atoms with E-state index in [0.29, 0.717) is 55.0 Å². The highest BCUT2D eigenvalue weighted by atomic mass is 35.5. The number of Topliss-reactive ketones (excluding diaryl/α,β-unsaturated/α-hetero) is 1. The topological polar surface area (TPSA) is 81.7 Å². The van der Waals surface area contributed by atoms with Crippen LogP contribution in [0.1, 0.15) is 71.7 Å². The van der Waals surface area contributed by atoms with E-state index in [-0.39, 0.29) is 48.2 Å². The van der Waals surface area contributed by atoms with Gasteiger partial charge in [-0.05, 0) is 75.8 Å². The van der Waals surface area contributed by atoms with Crippen LogP contribution in [0.2, 0.25) is 5.02 Å². The van der Waals surface area contributed by atoms with Crippen molar-refractivity contribution < 1.29 is 28.2 Å². The molecule has 1 aliphatic carbocycles. The van der Waals surface area contributed by atoms with E-state index in [9.17, 15) is 18.8 Å². The Bertz CT molecular complexity index is 1070. The van der Waals surface area contributed by atoms with Gasteiger partial charge in [-0.2, -0.15) is 0 Å². The van der Waals surface area contributed by atoms with Crippen molar-refractivity contribution in [3.63, 3.8) is 0 Å². The molecule has 2 aromatic rings. The van der Waals surface area contributed by atoms with Crippen LogP contribution >= 0.6 is 11.6 Å². The molecular formula is C27H31ClFNO5. The molecule has 1 amide bonds. The van der Waals surface area contributed by atoms with Gasteiger partial charge in [0.15, 0.2) is 5.78 Å². The number of halogens is 2. The van der Waals surface area contributed by atoms with Crippen molar-refractivity contribution in [3.05, 3.63) is 63.9 Å². The summed E-state index contributed by atoms with van der Waals surface area (Å²) in [5.41, 5.74) is 1.33. The third-order valence-corrected chi connectivity index (χ3v) is 6.55. The molecule has 0 saturated heterocycles. The summed E-state index contributed by atoms with van der Waals surface area (Å²) in [5, 5.41) is 3.26. The van der Waals surface area contributed by atoms with Gasteiger partial charge in [-0.1, -0.05) is 17.7 Å². The number of nitrogens with one attached hydrogen (secondary N) is 1. The molecule has 1 N–H and O–H groups in total. The number of aryl methyl sites for hydroxylation is 1. The highest BCUT2D eigenvalue weighted by Crippen LogP contribution is 2.29. The number of amides is 1. The average molecular weight is 504 g/mol. The van der Waals surface area contributed by atoms with Crippen molar-refractivity contribution in [3.8, 4) is 5.75 Å². The minimum Gasteiger partial charge on any atom is -0.490 e. The minimum atomic E-state index is -0.633. The van der Waals surface area contributed by atoms with E-state index in [0.717, 1.165) is 5.56 Å². The van der Waals surface area contributed by atoms with E-state index in [4.69, 9.17) is 21.1 Å². The molecule has 0 unspecified atom stereocenters. The van der Waals surface area contributed by atoms with Crippen molar-refractivity contribution in [1.29, 1.82) is 0 Å². The lowest BCUT2D eigenvalue weighted by Crippen LogP contribution is -2.29. The zero-order chi connectivity index (χ0) is 25.4. The lowest BCUT2D eigenvalue weighted by atomic mass is 9.87. The number of hydrogen-bond acceptors (Lipinski definition) is 5. The zero-order valence-corrected chi connectivity index (χ0v) is 20.8. The second kappa shape index (κ2) is 12.7. The highest BCUT2D eigenvalue weighted by molar-refractivity contribution is 6.31. The van der Waals surface area contributed by atoms with E-state index in [2.05, 4.69) is 5.32 Å². The molecule has 8 heteroatoms. The molecule has 3 rings (SSSR count). The Balaban J connectivity index is 1.43. The maximum absolute atomic E-state index is 14.6. The van der Waals surface area contributed by atoms with Crippen LogP contribution in [0.15, 0.2) is 36.4 Å². The van der Waals surface area contributed by atoms with Crippen LogP contribution in [0.3, 0.4) is 0 Å². The second-order valence-corrected chi connectivity index (χ2v) is 9.14. The van der Waals surface area contributed by atoms with Gasteiger partial charge in [0.2, 0.25) is 0 Å². The molecule has 1 saturated carbocycles. The van der Waals surface area contributed by atoms with Gasteiger partial charge in [0.05, 0.1) is 24.2 Å². The summed E-state index contributed by atoms with van der Waals surface area (Å²) < 4.78 is 25.5. The molecule has 0 aromatic heterocycles. The van der Waals surface area contributed by atoms with E-state index < -0.39 is 5.82 Å². The number of rotatable bonds is 10. The molecule has 188 valence electrons. The number of ketones is 1. The molecule has 0 atom stereocenters. The number of ether oxygens (including phenoxy) is 2. The van der Waals surface area contributed by atoms with Crippen LogP contribution in [0.25, 0.3) is 0 Å². The highest BCUT2D eigenvalue weighted by Gasteiger charge is 2.28. The van der Waals surface area contributed by atoms with Gasteiger partial charge in [0, 0.05) is 29.6 Å². The van der Waals surface area contributed by atoms with Crippen LogP contribution in [-0.2, 0) is 9.53 Å². The SMILES string of the molecule is CCOC(=O)C1CCC(Oc2ccc(C(=O)CCCNC(=O)c3ccc(C)c(Cl)c3)c(F)c2)CC1. The molecule has 0 heterocycles. The number of hydrogen-bond donors (Lipinski definition) is 1. The van der Waals surface area contributed by atoms with E-state index in [1.807, 2.05) is 6.92 Å². The van der Waals surface area contributed by atoms with Gasteiger partial charge in [0.25, 0.3) is 5.91 Å². The minimum absolute atomic E-state index is 0.0000113. The first-order valence-electron chi connectivity index (χ1n) is 12.0. The molecule has 0 radical (unpaired) electrons. The van der Waals surface area contributed by atoms with Crippen LogP contribution in [0.4, 0.5) is 4.39 Å². The second-order valence-electron chi connectivity index (χ2n) is 8.73. The standard InChI is InChI=1S/C27H31ClFNO5/c1-3-34-27(33)18-8-10-20(11-9-18)35-21-12-13-22(24(29)16-21)25(31)5-4-14-30-26(32)19-7-6-17(2)23(28)15-19/h6-7,12-13,15-16,18,20H,3-5,8-11,14H2,1-2H3,(H,30,32). The summed E-state index contributed by atoms with van der Waals surface area (Å²) in [4.78, 5) is 36.5. The summed E-state index contributed by atoms with van der Waals surface area (Å²) in [7, 11) is 0. The first-order chi connectivity index (χ1) is 16.8. The molecule has 0 spiro atoms. The van der Waals surface area contributed by atoms with Crippen molar-refractivity contribution in [2.75, 3.05) is 13.2 Å². The first-order valence-corrected chi connectivity index (χ1v) is 12.4. The molecule has 2 aromatic carbocycles. The van der Waals surface area contributed by atoms with E-state index in [1.54, 1.807) is 31.2 Å². The lowest BCUT2D eigenvalue weighted by Gasteiger charge is -2.27. The molecule has 1 fully saturated rings. The van der Waals surface area contributed by atoms with Crippen LogP contribution in [0, 0.1) is 18.7 Å². The van der Waals surface area contributed by atoms with Crippen LogP contribution in [0.5, 0.6) is 5.75 Å². The monoisotopic (exact) mass is 503 g/mol. The fourth-order valence-corrected chi connectivity index (χ4v) is 4.27. The van der Waals surface area contributed by atoms with Gasteiger partial charge in [-0.25, -0.2) is 4.39 Å². The first kappa shape index (κ1) is 26.7. The third-order valence-electron chi connectivity index (χ3n) is 6.14. The molecule has 6 nitrogen and oxygen atoms in total. The Morgan fingerprint density at radius 2 is 1.83 bits per heavy atom. The lowest BCUT2D eigenvalue weighted by molar-refractivity contribution is -0.149. The van der Waals surface area contributed by atoms with Crippen molar-refractivity contribution >= 4 is 29.3 Å². The number of benzene rings is 2. The zero-order valence-electron chi connectivity index (χ0n) is 20.1. The number of esters is 1. The molecule has 0 bridgehead atoms. The normalized spacial score (nSPS) is 17.5. The summed E-state index contributed by atoms with van der Waals surface area (Å²) >= 11 is 6.05. The Hall–Kier alpha value is -2.93. The molecular weight excluding hydrogens is 473 g/mol. The van der Waals surface area contributed by atoms with Crippen molar-refractivity contribution in [2.45, 2.75) is 58.5 Å². The van der Waals surface area contributed by atoms with Gasteiger partial charge in [0.1, 0.15) is 11.6 Å². The number of carbonyl (C=O) groups is 3. The van der Waals surface area contributed by atoms with Crippen LogP contribution in [-0.4, -0.2) is 36.9 Å². The summed E-state index contributed by atoms with van der Waals surface area (Å²) in [6.07, 6.45) is 3.11. The predicted octanol–water partition coefficient (Wildman–Crippen LogP) is 5.68. The molecule has 1 aliphatic rings. The van der Waals surface area contributed by atoms with Gasteiger partial charge in [-0.15, -0.1) is 0 Å². The predicted molar refractivity (Wildman–Crippen MR) is 131 cm³/mol. The Labute approximate surface area is 210 Å². The van der Waals surface area contributed by atoms with E-state index >= 15 is 0 Å². The maximum atomic E-state index is 14.6. The fourth-order valence-electron chi connectivity index (χ4n) is 4.09. The van der Waals surface area contributed by atoms with Crippen LogP contribution < -0.4 is 10.1 Å².